The van der Waals surface area contributed by atoms with Crippen molar-refractivity contribution in [2.75, 3.05) is 53.6 Å². The molecule has 7 heteroatoms. The van der Waals surface area contributed by atoms with Crippen molar-refractivity contribution in [3.63, 3.8) is 0 Å². The van der Waals surface area contributed by atoms with E-state index in [0.717, 1.165) is 57.8 Å². The lowest BCUT2D eigenvalue weighted by molar-refractivity contribution is -0.144. The first-order chi connectivity index (χ1) is 12.6. The van der Waals surface area contributed by atoms with Crippen molar-refractivity contribution in [2.45, 2.75) is 24.9 Å². The Labute approximate surface area is 154 Å². The molecule has 1 unspecified atom stereocenters. The summed E-state index contributed by atoms with van der Waals surface area (Å²) in [6.45, 7) is 4.91. The standard InChI is InChI=1S/C19H28N2O5/c1-24-16-4-3-14(13-17(16)25-2)18(19(22)23)21-9-7-20(8-10-21)15-5-11-26-12-6-15/h3-4,13,15,18H,5-12H2,1-2H3,(H,22,23). The number of piperazine rings is 1. The van der Waals surface area contributed by atoms with Gasteiger partial charge in [0.25, 0.3) is 0 Å². The Kier molecular flexibility index (Phi) is 6.34. The topological polar surface area (TPSA) is 71.5 Å². The highest BCUT2D eigenvalue weighted by Crippen LogP contribution is 2.32. The highest BCUT2D eigenvalue weighted by atomic mass is 16.5. The number of benzene rings is 1. The van der Waals surface area contributed by atoms with Crippen molar-refractivity contribution < 1.29 is 24.1 Å². The number of methoxy groups -OCH3 is 2. The summed E-state index contributed by atoms with van der Waals surface area (Å²) in [6, 6.07) is 5.23. The molecule has 2 heterocycles. The van der Waals surface area contributed by atoms with Crippen LogP contribution in [0.4, 0.5) is 0 Å². The summed E-state index contributed by atoms with van der Waals surface area (Å²) in [5, 5.41) is 9.84. The molecule has 0 amide bonds. The molecule has 2 aliphatic heterocycles. The van der Waals surface area contributed by atoms with Gasteiger partial charge < -0.3 is 19.3 Å². The second-order valence-corrected chi connectivity index (χ2v) is 6.77. The summed E-state index contributed by atoms with van der Waals surface area (Å²) in [6.07, 6.45) is 2.13. The zero-order valence-electron chi connectivity index (χ0n) is 15.5. The Hall–Kier alpha value is -1.83. The third kappa shape index (κ3) is 4.11. The van der Waals surface area contributed by atoms with Crippen molar-refractivity contribution >= 4 is 5.97 Å². The molecule has 1 atom stereocenters. The van der Waals surface area contributed by atoms with Crippen LogP contribution < -0.4 is 9.47 Å². The predicted molar refractivity (Wildman–Crippen MR) is 96.9 cm³/mol. The molecule has 2 fully saturated rings. The molecule has 26 heavy (non-hydrogen) atoms. The molecule has 7 nitrogen and oxygen atoms in total. The summed E-state index contributed by atoms with van der Waals surface area (Å²) in [4.78, 5) is 16.5. The fraction of sp³-hybridized carbons (Fsp3) is 0.632. The number of carboxylic acids is 1. The molecule has 0 radical (unpaired) electrons. The molecule has 0 aliphatic carbocycles. The van der Waals surface area contributed by atoms with Gasteiger partial charge in [-0.1, -0.05) is 6.07 Å². The maximum atomic E-state index is 12.0. The number of carboxylic acid groups (broad SMARTS) is 1. The van der Waals surface area contributed by atoms with Gasteiger partial charge in [-0.15, -0.1) is 0 Å². The van der Waals surface area contributed by atoms with Crippen LogP contribution in [0, 0.1) is 0 Å². The molecule has 1 N–H and O–H groups in total. The Morgan fingerprint density at radius 1 is 1.12 bits per heavy atom. The Morgan fingerprint density at radius 2 is 1.77 bits per heavy atom. The van der Waals surface area contributed by atoms with Gasteiger partial charge in [0.1, 0.15) is 6.04 Å². The van der Waals surface area contributed by atoms with Gasteiger partial charge in [0.2, 0.25) is 0 Å². The Balaban J connectivity index is 1.70. The first-order valence-electron chi connectivity index (χ1n) is 9.14. The number of ether oxygens (including phenoxy) is 3. The van der Waals surface area contributed by atoms with Gasteiger partial charge in [-0.05, 0) is 30.5 Å². The maximum Gasteiger partial charge on any atom is 0.325 e. The van der Waals surface area contributed by atoms with Crippen LogP contribution in [0.15, 0.2) is 18.2 Å². The van der Waals surface area contributed by atoms with Gasteiger partial charge in [-0.3, -0.25) is 14.6 Å². The van der Waals surface area contributed by atoms with Crippen LogP contribution >= 0.6 is 0 Å². The minimum Gasteiger partial charge on any atom is -0.493 e. The second kappa shape index (κ2) is 8.70. The lowest BCUT2D eigenvalue weighted by atomic mass is 10.0. The molecule has 3 rings (SSSR count). The van der Waals surface area contributed by atoms with E-state index in [1.165, 1.54) is 0 Å². The van der Waals surface area contributed by atoms with Crippen LogP contribution in [-0.2, 0) is 9.53 Å². The Bertz CT molecular complexity index is 610. The molecule has 0 saturated carbocycles. The van der Waals surface area contributed by atoms with E-state index in [2.05, 4.69) is 4.90 Å². The molecule has 0 bridgehead atoms. The summed E-state index contributed by atoms with van der Waals surface area (Å²) < 4.78 is 16.0. The monoisotopic (exact) mass is 364 g/mol. The zero-order chi connectivity index (χ0) is 18.5. The van der Waals surface area contributed by atoms with E-state index in [-0.39, 0.29) is 0 Å². The SMILES string of the molecule is COc1ccc(C(C(=O)O)N2CCN(C3CCOCC3)CC2)cc1OC. The third-order valence-electron chi connectivity index (χ3n) is 5.38. The number of carbonyl (C=O) groups is 1. The number of aliphatic carboxylic acids is 1. The van der Waals surface area contributed by atoms with E-state index in [1.807, 2.05) is 11.0 Å². The van der Waals surface area contributed by atoms with E-state index in [0.29, 0.717) is 17.5 Å². The first-order valence-corrected chi connectivity index (χ1v) is 9.14. The minimum atomic E-state index is -0.836. The van der Waals surface area contributed by atoms with Crippen LogP contribution in [0.5, 0.6) is 11.5 Å². The van der Waals surface area contributed by atoms with Gasteiger partial charge in [-0.2, -0.15) is 0 Å². The van der Waals surface area contributed by atoms with E-state index < -0.39 is 12.0 Å². The van der Waals surface area contributed by atoms with Crippen LogP contribution in [-0.4, -0.2) is 80.5 Å². The first kappa shape index (κ1) is 18.9. The average molecular weight is 364 g/mol. The molecular weight excluding hydrogens is 336 g/mol. The van der Waals surface area contributed by atoms with E-state index in [9.17, 15) is 9.90 Å². The maximum absolute atomic E-state index is 12.0. The minimum absolute atomic E-state index is 0.553. The number of rotatable bonds is 6. The molecule has 0 spiro atoms. The van der Waals surface area contributed by atoms with Gasteiger partial charge in [0.05, 0.1) is 14.2 Å². The van der Waals surface area contributed by atoms with Crippen molar-refractivity contribution in [1.29, 1.82) is 0 Å². The van der Waals surface area contributed by atoms with Crippen molar-refractivity contribution in [1.82, 2.24) is 9.80 Å². The number of nitrogens with zero attached hydrogens (tertiary/aromatic N) is 2. The van der Waals surface area contributed by atoms with Gasteiger partial charge >= 0.3 is 5.97 Å². The summed E-state index contributed by atoms with van der Waals surface area (Å²) in [5.41, 5.74) is 0.717. The van der Waals surface area contributed by atoms with Crippen LogP contribution in [0.2, 0.25) is 0 Å². The van der Waals surface area contributed by atoms with Crippen molar-refractivity contribution in [3.8, 4) is 11.5 Å². The highest BCUT2D eigenvalue weighted by molar-refractivity contribution is 5.76. The summed E-state index contributed by atoms with van der Waals surface area (Å²) in [5.74, 6) is 0.318. The molecule has 1 aromatic carbocycles. The molecule has 1 aromatic rings. The largest absolute Gasteiger partial charge is 0.493 e. The fourth-order valence-electron chi connectivity index (χ4n) is 3.94. The second-order valence-electron chi connectivity index (χ2n) is 6.77. The molecule has 2 saturated heterocycles. The summed E-state index contributed by atoms with van der Waals surface area (Å²) >= 11 is 0. The van der Waals surface area contributed by atoms with E-state index in [4.69, 9.17) is 14.2 Å². The van der Waals surface area contributed by atoms with Crippen molar-refractivity contribution in [2.24, 2.45) is 0 Å². The van der Waals surface area contributed by atoms with Gasteiger partial charge in [-0.25, -0.2) is 0 Å². The van der Waals surface area contributed by atoms with Gasteiger partial charge in [0, 0.05) is 45.4 Å². The molecule has 2 aliphatic rings. The number of hydrogen-bond acceptors (Lipinski definition) is 6. The van der Waals surface area contributed by atoms with Crippen LogP contribution in [0.25, 0.3) is 0 Å². The third-order valence-corrected chi connectivity index (χ3v) is 5.38. The summed E-state index contributed by atoms with van der Waals surface area (Å²) in [7, 11) is 3.13. The van der Waals surface area contributed by atoms with Crippen LogP contribution in [0.3, 0.4) is 0 Å². The lowest BCUT2D eigenvalue weighted by Crippen LogP contribution is -2.53. The molecular formula is C19H28N2O5. The number of hydrogen-bond donors (Lipinski definition) is 1. The quantitative estimate of drug-likeness (QED) is 0.822. The fourth-order valence-corrected chi connectivity index (χ4v) is 3.94. The normalized spacial score (nSPS) is 21.3. The molecule has 0 aromatic heterocycles. The zero-order valence-corrected chi connectivity index (χ0v) is 15.5. The smallest absolute Gasteiger partial charge is 0.325 e. The highest BCUT2D eigenvalue weighted by Gasteiger charge is 2.33. The van der Waals surface area contributed by atoms with Crippen LogP contribution in [0.1, 0.15) is 24.4 Å². The van der Waals surface area contributed by atoms with Crippen molar-refractivity contribution in [3.05, 3.63) is 23.8 Å². The predicted octanol–water partition coefficient (Wildman–Crippen LogP) is 1.63. The van der Waals surface area contributed by atoms with E-state index >= 15 is 0 Å². The van der Waals surface area contributed by atoms with Gasteiger partial charge in [0.15, 0.2) is 11.5 Å². The lowest BCUT2D eigenvalue weighted by Gasteiger charge is -2.42. The average Bonchev–Trinajstić information content (AvgIpc) is 2.69. The Morgan fingerprint density at radius 3 is 2.35 bits per heavy atom. The van der Waals surface area contributed by atoms with E-state index in [1.54, 1.807) is 26.4 Å². The molecule has 144 valence electrons.